The average Bonchev–Trinajstić information content (AvgIpc) is 2.38. The van der Waals surface area contributed by atoms with E-state index in [1.54, 1.807) is 25.3 Å². The van der Waals surface area contributed by atoms with Crippen LogP contribution in [-0.2, 0) is 6.42 Å². The zero-order valence-corrected chi connectivity index (χ0v) is 10.8. The van der Waals surface area contributed by atoms with E-state index in [2.05, 4.69) is 15.3 Å². The van der Waals surface area contributed by atoms with Crippen LogP contribution >= 0.6 is 0 Å². The lowest BCUT2D eigenvalue weighted by Crippen LogP contribution is -2.26. The maximum Gasteiger partial charge on any atom is 0.258 e. The normalized spacial score (nSPS) is 12.6. The molecule has 0 saturated carbocycles. The summed E-state index contributed by atoms with van der Waals surface area (Å²) in [6.45, 7) is 2.04. The lowest BCUT2D eigenvalue weighted by molar-refractivity contribution is 0.415. The van der Waals surface area contributed by atoms with E-state index in [9.17, 15) is 4.79 Å². The van der Waals surface area contributed by atoms with Gasteiger partial charge in [0.05, 0.1) is 18.0 Å². The van der Waals surface area contributed by atoms with E-state index in [4.69, 9.17) is 4.74 Å². The van der Waals surface area contributed by atoms with E-state index < -0.39 is 0 Å². The number of ether oxygens (including phenoxy) is 1. The van der Waals surface area contributed by atoms with Crippen LogP contribution in [0.3, 0.4) is 0 Å². The number of aromatic amines is 1. The summed E-state index contributed by atoms with van der Waals surface area (Å²) >= 11 is 0. The highest BCUT2D eigenvalue weighted by molar-refractivity contribution is 5.79. The Labute approximate surface area is 105 Å². The number of nitrogens with one attached hydrogen (secondary N) is 2. The number of aromatic nitrogens is 2. The molecule has 0 aliphatic carbocycles. The molecule has 0 aliphatic rings. The number of H-pyrrole nitrogens is 1. The zero-order chi connectivity index (χ0) is 13.1. The van der Waals surface area contributed by atoms with Gasteiger partial charge in [-0.25, -0.2) is 4.98 Å². The number of fused-ring (bicyclic) bond motifs is 1. The Morgan fingerprint density at radius 3 is 2.94 bits per heavy atom. The van der Waals surface area contributed by atoms with Crippen molar-refractivity contribution in [1.82, 2.24) is 15.3 Å². The predicted octanol–water partition coefficient (Wildman–Crippen LogP) is 1.08. The molecule has 1 heterocycles. The van der Waals surface area contributed by atoms with Crippen molar-refractivity contribution in [3.05, 3.63) is 34.4 Å². The minimum Gasteiger partial charge on any atom is -0.497 e. The molecule has 2 N–H and O–H groups in total. The van der Waals surface area contributed by atoms with Gasteiger partial charge in [-0.05, 0) is 32.2 Å². The molecular formula is C13H17N3O2. The molecule has 1 aromatic carbocycles. The highest BCUT2D eigenvalue weighted by Gasteiger charge is 2.07. The lowest BCUT2D eigenvalue weighted by Gasteiger charge is -2.09. The number of hydrogen-bond donors (Lipinski definition) is 2. The third-order valence-corrected chi connectivity index (χ3v) is 2.95. The summed E-state index contributed by atoms with van der Waals surface area (Å²) in [7, 11) is 3.46. The van der Waals surface area contributed by atoms with Gasteiger partial charge in [-0.1, -0.05) is 0 Å². The first kappa shape index (κ1) is 12.6. The molecule has 96 valence electrons. The number of rotatable bonds is 4. The zero-order valence-electron chi connectivity index (χ0n) is 10.8. The van der Waals surface area contributed by atoms with Gasteiger partial charge >= 0.3 is 0 Å². The van der Waals surface area contributed by atoms with Crippen molar-refractivity contribution >= 4 is 10.9 Å². The van der Waals surface area contributed by atoms with Gasteiger partial charge in [0.25, 0.3) is 5.56 Å². The number of likely N-dealkylation sites (N-methyl/N-ethyl adjacent to an activating group) is 1. The SMILES string of the molecule is CNC(C)Cc1nc2ccc(OC)cc2c(=O)[nH]1. The Balaban J connectivity index is 2.47. The van der Waals surface area contributed by atoms with Crippen LogP contribution in [0.5, 0.6) is 5.75 Å². The van der Waals surface area contributed by atoms with Crippen molar-refractivity contribution < 1.29 is 4.74 Å². The molecule has 0 saturated heterocycles. The molecule has 0 fully saturated rings. The van der Waals surface area contributed by atoms with E-state index >= 15 is 0 Å². The summed E-state index contributed by atoms with van der Waals surface area (Å²) in [5, 5.41) is 3.67. The second-order valence-electron chi connectivity index (χ2n) is 4.29. The molecular weight excluding hydrogens is 230 g/mol. The van der Waals surface area contributed by atoms with Crippen molar-refractivity contribution in [2.75, 3.05) is 14.2 Å². The topological polar surface area (TPSA) is 67.0 Å². The highest BCUT2D eigenvalue weighted by Crippen LogP contribution is 2.16. The summed E-state index contributed by atoms with van der Waals surface area (Å²) in [4.78, 5) is 19.2. The first-order valence-corrected chi connectivity index (χ1v) is 5.88. The van der Waals surface area contributed by atoms with Crippen LogP contribution in [0.15, 0.2) is 23.0 Å². The molecule has 0 aliphatic heterocycles. The fourth-order valence-corrected chi connectivity index (χ4v) is 1.78. The quantitative estimate of drug-likeness (QED) is 0.848. The molecule has 0 bridgehead atoms. The van der Waals surface area contributed by atoms with Crippen molar-refractivity contribution in [3.8, 4) is 5.75 Å². The molecule has 1 unspecified atom stereocenters. The van der Waals surface area contributed by atoms with E-state index in [1.165, 1.54) is 0 Å². The molecule has 5 heteroatoms. The van der Waals surface area contributed by atoms with E-state index in [0.29, 0.717) is 28.9 Å². The van der Waals surface area contributed by atoms with Gasteiger partial charge in [-0.3, -0.25) is 4.79 Å². The van der Waals surface area contributed by atoms with E-state index in [-0.39, 0.29) is 11.6 Å². The van der Waals surface area contributed by atoms with Crippen LogP contribution < -0.4 is 15.6 Å². The van der Waals surface area contributed by atoms with E-state index in [1.807, 2.05) is 14.0 Å². The van der Waals surface area contributed by atoms with Crippen LogP contribution in [0, 0.1) is 0 Å². The molecule has 0 spiro atoms. The Kier molecular flexibility index (Phi) is 3.62. The van der Waals surface area contributed by atoms with Gasteiger partial charge in [0.1, 0.15) is 11.6 Å². The molecule has 0 radical (unpaired) electrons. The van der Waals surface area contributed by atoms with Crippen LogP contribution in [0.1, 0.15) is 12.7 Å². The molecule has 0 amide bonds. The average molecular weight is 247 g/mol. The Morgan fingerprint density at radius 2 is 2.28 bits per heavy atom. The summed E-state index contributed by atoms with van der Waals surface area (Å²) in [5.74, 6) is 1.35. The highest BCUT2D eigenvalue weighted by atomic mass is 16.5. The van der Waals surface area contributed by atoms with Gasteiger partial charge < -0.3 is 15.0 Å². The first-order valence-electron chi connectivity index (χ1n) is 5.88. The second-order valence-corrected chi connectivity index (χ2v) is 4.29. The summed E-state index contributed by atoms with van der Waals surface area (Å²) in [6.07, 6.45) is 0.688. The summed E-state index contributed by atoms with van der Waals surface area (Å²) in [5.41, 5.74) is 0.565. The van der Waals surface area contributed by atoms with Crippen LogP contribution in [0.25, 0.3) is 10.9 Å². The second kappa shape index (κ2) is 5.18. The third-order valence-electron chi connectivity index (χ3n) is 2.95. The lowest BCUT2D eigenvalue weighted by atomic mass is 10.2. The molecule has 5 nitrogen and oxygen atoms in total. The van der Waals surface area contributed by atoms with Gasteiger partial charge in [-0.2, -0.15) is 0 Å². The van der Waals surface area contributed by atoms with Crippen molar-refractivity contribution in [3.63, 3.8) is 0 Å². The molecule has 1 aromatic heterocycles. The Hall–Kier alpha value is -1.88. The largest absolute Gasteiger partial charge is 0.497 e. The predicted molar refractivity (Wildman–Crippen MR) is 71.1 cm³/mol. The van der Waals surface area contributed by atoms with Crippen molar-refractivity contribution in [2.24, 2.45) is 0 Å². The molecule has 18 heavy (non-hydrogen) atoms. The number of methoxy groups -OCH3 is 1. The Bertz CT molecular complexity index is 607. The fourth-order valence-electron chi connectivity index (χ4n) is 1.78. The van der Waals surface area contributed by atoms with Crippen LogP contribution in [-0.4, -0.2) is 30.2 Å². The number of benzene rings is 1. The van der Waals surface area contributed by atoms with Crippen LogP contribution in [0.2, 0.25) is 0 Å². The minimum atomic E-state index is -0.128. The smallest absolute Gasteiger partial charge is 0.258 e. The maximum absolute atomic E-state index is 12.0. The number of nitrogens with zero attached hydrogens (tertiary/aromatic N) is 1. The summed E-state index contributed by atoms with van der Waals surface area (Å²) < 4.78 is 5.10. The standard InChI is InChI=1S/C13H17N3O2/c1-8(14-2)6-12-15-11-5-4-9(18-3)7-10(11)13(17)16-12/h4-5,7-8,14H,6H2,1-3H3,(H,15,16,17). The minimum absolute atomic E-state index is 0.128. The van der Waals surface area contributed by atoms with Crippen LogP contribution in [0.4, 0.5) is 0 Å². The van der Waals surface area contributed by atoms with Crippen molar-refractivity contribution in [1.29, 1.82) is 0 Å². The Morgan fingerprint density at radius 1 is 1.50 bits per heavy atom. The number of hydrogen-bond acceptors (Lipinski definition) is 4. The molecule has 2 aromatic rings. The monoisotopic (exact) mass is 247 g/mol. The summed E-state index contributed by atoms with van der Waals surface area (Å²) in [6, 6.07) is 5.58. The first-order chi connectivity index (χ1) is 8.63. The third kappa shape index (κ3) is 2.51. The van der Waals surface area contributed by atoms with Gasteiger partial charge in [0, 0.05) is 12.5 Å². The maximum atomic E-state index is 12.0. The van der Waals surface area contributed by atoms with Gasteiger partial charge in [-0.15, -0.1) is 0 Å². The van der Waals surface area contributed by atoms with Gasteiger partial charge in [0.15, 0.2) is 0 Å². The van der Waals surface area contributed by atoms with E-state index in [0.717, 1.165) is 0 Å². The fraction of sp³-hybridized carbons (Fsp3) is 0.385. The van der Waals surface area contributed by atoms with Gasteiger partial charge in [0.2, 0.25) is 0 Å². The molecule has 1 atom stereocenters. The molecule has 2 rings (SSSR count). The van der Waals surface area contributed by atoms with Crippen molar-refractivity contribution in [2.45, 2.75) is 19.4 Å².